The van der Waals surface area contributed by atoms with Crippen LogP contribution in [0.4, 0.5) is 8.78 Å². The van der Waals surface area contributed by atoms with Crippen molar-refractivity contribution in [3.63, 3.8) is 0 Å². The molecule has 6 heteroatoms. The maximum atomic E-state index is 13.5. The maximum Gasteiger partial charge on any atom is 0.230 e. The summed E-state index contributed by atoms with van der Waals surface area (Å²) in [7, 11) is 1.61. The van der Waals surface area contributed by atoms with Crippen LogP contribution in [0.3, 0.4) is 0 Å². The second-order valence-corrected chi connectivity index (χ2v) is 6.10. The third-order valence-electron chi connectivity index (χ3n) is 3.43. The molecule has 0 aliphatic rings. The number of benzene rings is 2. The lowest BCUT2D eigenvalue weighted by Gasteiger charge is -2.09. The van der Waals surface area contributed by atoms with Gasteiger partial charge in [-0.3, -0.25) is 4.79 Å². The van der Waals surface area contributed by atoms with E-state index in [9.17, 15) is 13.6 Å². The Kier molecular flexibility index (Phi) is 7.06. The molecule has 0 saturated heterocycles. The normalized spacial score (nSPS) is 10.5. The van der Waals surface area contributed by atoms with E-state index in [0.29, 0.717) is 13.0 Å². The maximum absolute atomic E-state index is 13.5. The summed E-state index contributed by atoms with van der Waals surface area (Å²) in [6.07, 6.45) is 0.666. The molecule has 0 aliphatic carbocycles. The van der Waals surface area contributed by atoms with Gasteiger partial charge in [0.05, 0.1) is 12.9 Å². The molecular weight excluding hydrogens is 332 g/mol. The molecule has 0 aromatic heterocycles. The van der Waals surface area contributed by atoms with Gasteiger partial charge in [0.15, 0.2) is 11.6 Å². The highest BCUT2D eigenvalue weighted by Gasteiger charge is 2.09. The van der Waals surface area contributed by atoms with Crippen molar-refractivity contribution < 1.29 is 18.3 Å². The first-order valence-electron chi connectivity index (χ1n) is 7.51. The van der Waals surface area contributed by atoms with Gasteiger partial charge in [0.25, 0.3) is 0 Å². The van der Waals surface area contributed by atoms with Crippen molar-refractivity contribution in [2.75, 3.05) is 19.4 Å². The molecule has 24 heavy (non-hydrogen) atoms. The molecule has 2 aromatic rings. The van der Waals surface area contributed by atoms with Gasteiger partial charge in [0.1, 0.15) is 5.75 Å². The van der Waals surface area contributed by atoms with E-state index in [0.717, 1.165) is 17.4 Å². The second-order valence-electron chi connectivity index (χ2n) is 5.12. The first-order chi connectivity index (χ1) is 11.6. The van der Waals surface area contributed by atoms with E-state index in [2.05, 4.69) is 5.32 Å². The summed E-state index contributed by atoms with van der Waals surface area (Å²) in [5.74, 6) is -0.601. The lowest BCUT2D eigenvalue weighted by molar-refractivity contribution is -0.118. The van der Waals surface area contributed by atoms with Crippen LogP contribution in [0.5, 0.6) is 5.75 Å². The number of thioether (sulfide) groups is 1. The summed E-state index contributed by atoms with van der Waals surface area (Å²) in [5.41, 5.74) is 1.29. The van der Waals surface area contributed by atoms with Gasteiger partial charge >= 0.3 is 0 Å². The topological polar surface area (TPSA) is 38.3 Å². The van der Waals surface area contributed by atoms with E-state index in [1.165, 1.54) is 23.9 Å². The molecule has 1 N–H and O–H groups in total. The number of halogens is 2. The molecule has 0 bridgehead atoms. The largest absolute Gasteiger partial charge is 0.496 e. The molecule has 0 aliphatic heterocycles. The highest BCUT2D eigenvalue weighted by atomic mass is 32.2. The van der Waals surface area contributed by atoms with Gasteiger partial charge in [0.2, 0.25) is 5.91 Å². The average molecular weight is 351 g/mol. The highest BCUT2D eigenvalue weighted by molar-refractivity contribution is 7.99. The Bertz CT molecular complexity index is 694. The van der Waals surface area contributed by atoms with Crippen molar-refractivity contribution in [3.8, 4) is 5.75 Å². The van der Waals surface area contributed by atoms with Crippen molar-refractivity contribution >= 4 is 17.7 Å². The van der Waals surface area contributed by atoms with Crippen LogP contribution in [0.2, 0.25) is 0 Å². The van der Waals surface area contributed by atoms with Gasteiger partial charge < -0.3 is 10.1 Å². The summed E-state index contributed by atoms with van der Waals surface area (Å²) in [5, 5.41) is 2.81. The summed E-state index contributed by atoms with van der Waals surface area (Å²) >= 11 is 1.25. The molecule has 0 radical (unpaired) electrons. The van der Waals surface area contributed by atoms with E-state index in [4.69, 9.17) is 4.74 Å². The van der Waals surface area contributed by atoms with Crippen molar-refractivity contribution in [2.24, 2.45) is 0 Å². The molecule has 0 fully saturated rings. The van der Waals surface area contributed by atoms with Crippen LogP contribution in [0.25, 0.3) is 0 Å². The van der Waals surface area contributed by atoms with E-state index in [-0.39, 0.29) is 23.0 Å². The zero-order chi connectivity index (χ0) is 17.4. The van der Waals surface area contributed by atoms with Crippen molar-refractivity contribution in [1.29, 1.82) is 0 Å². The fourth-order valence-corrected chi connectivity index (χ4v) is 3.04. The van der Waals surface area contributed by atoms with Gasteiger partial charge in [-0.05, 0) is 24.1 Å². The highest BCUT2D eigenvalue weighted by Crippen LogP contribution is 2.18. The van der Waals surface area contributed by atoms with Gasteiger partial charge in [-0.15, -0.1) is 11.8 Å². The van der Waals surface area contributed by atoms with E-state index in [1.54, 1.807) is 7.11 Å². The average Bonchev–Trinajstić information content (AvgIpc) is 2.59. The smallest absolute Gasteiger partial charge is 0.230 e. The summed E-state index contributed by atoms with van der Waals surface area (Å²) in [4.78, 5) is 11.8. The minimum Gasteiger partial charge on any atom is -0.496 e. The number of para-hydroxylation sites is 1. The quantitative estimate of drug-likeness (QED) is 0.790. The standard InChI is InChI=1S/C18H19F2NO2S/c1-23-16-8-3-2-5-13(16)9-10-21-17(22)12-24-11-14-6-4-7-15(19)18(14)20/h2-8H,9-12H2,1H3,(H,21,22). The van der Waals surface area contributed by atoms with Crippen molar-refractivity contribution in [1.82, 2.24) is 5.32 Å². The number of hydrogen-bond donors (Lipinski definition) is 1. The van der Waals surface area contributed by atoms with Crippen LogP contribution in [0.1, 0.15) is 11.1 Å². The monoisotopic (exact) mass is 351 g/mol. The molecule has 2 rings (SSSR count). The van der Waals surface area contributed by atoms with Crippen molar-refractivity contribution in [3.05, 3.63) is 65.2 Å². The van der Waals surface area contributed by atoms with E-state index < -0.39 is 11.6 Å². The summed E-state index contributed by atoms with van der Waals surface area (Å²) in [6, 6.07) is 11.7. The van der Waals surface area contributed by atoms with Gasteiger partial charge in [-0.2, -0.15) is 0 Å². The fraction of sp³-hybridized carbons (Fsp3) is 0.278. The van der Waals surface area contributed by atoms with Crippen LogP contribution in [-0.2, 0) is 17.0 Å². The molecule has 0 unspecified atom stereocenters. The molecule has 0 atom stereocenters. The van der Waals surface area contributed by atoms with Gasteiger partial charge in [-0.1, -0.05) is 30.3 Å². The molecule has 3 nitrogen and oxygen atoms in total. The van der Waals surface area contributed by atoms with E-state index in [1.807, 2.05) is 24.3 Å². The van der Waals surface area contributed by atoms with Crippen molar-refractivity contribution in [2.45, 2.75) is 12.2 Å². The number of carbonyl (C=O) groups excluding carboxylic acids is 1. The van der Waals surface area contributed by atoms with Crippen LogP contribution < -0.4 is 10.1 Å². The first kappa shape index (κ1) is 18.3. The molecule has 0 saturated carbocycles. The van der Waals surface area contributed by atoms with E-state index >= 15 is 0 Å². The molecule has 2 aromatic carbocycles. The third-order valence-corrected chi connectivity index (χ3v) is 4.41. The van der Waals surface area contributed by atoms with Gasteiger partial charge in [-0.25, -0.2) is 8.78 Å². The Balaban J connectivity index is 1.71. The number of hydrogen-bond acceptors (Lipinski definition) is 3. The molecule has 128 valence electrons. The number of ether oxygens (including phenoxy) is 1. The Morgan fingerprint density at radius 1 is 1.12 bits per heavy atom. The Hall–Kier alpha value is -2.08. The summed E-state index contributed by atoms with van der Waals surface area (Å²) < 4.78 is 31.8. The first-order valence-corrected chi connectivity index (χ1v) is 8.66. The molecule has 0 spiro atoms. The number of methoxy groups -OCH3 is 1. The lowest BCUT2D eigenvalue weighted by Crippen LogP contribution is -2.27. The lowest BCUT2D eigenvalue weighted by atomic mass is 10.1. The number of rotatable bonds is 8. The summed E-state index contributed by atoms with van der Waals surface area (Å²) in [6.45, 7) is 0.494. The van der Waals surface area contributed by atoms with Gasteiger partial charge in [0, 0.05) is 17.9 Å². The number of amides is 1. The molecular formula is C18H19F2NO2S. The molecule has 0 heterocycles. The number of carbonyl (C=O) groups is 1. The Morgan fingerprint density at radius 2 is 1.88 bits per heavy atom. The van der Waals surface area contributed by atoms with Crippen LogP contribution >= 0.6 is 11.8 Å². The zero-order valence-corrected chi connectivity index (χ0v) is 14.2. The zero-order valence-electron chi connectivity index (χ0n) is 13.4. The minimum absolute atomic E-state index is 0.133. The predicted molar refractivity (Wildman–Crippen MR) is 92.2 cm³/mol. The number of nitrogens with one attached hydrogen (secondary N) is 1. The Labute approximate surface area is 144 Å². The fourth-order valence-electron chi connectivity index (χ4n) is 2.21. The molecule has 1 amide bonds. The van der Waals surface area contributed by atoms with Crippen LogP contribution in [0.15, 0.2) is 42.5 Å². The third kappa shape index (κ3) is 5.23. The van der Waals surface area contributed by atoms with Crippen LogP contribution in [0, 0.1) is 11.6 Å². The SMILES string of the molecule is COc1ccccc1CCNC(=O)CSCc1cccc(F)c1F. The second kappa shape index (κ2) is 9.27. The minimum atomic E-state index is -0.866. The Morgan fingerprint density at radius 3 is 2.67 bits per heavy atom. The van der Waals surface area contributed by atoms with Crippen LogP contribution in [-0.4, -0.2) is 25.3 Å². The predicted octanol–water partition coefficient (Wildman–Crippen LogP) is 3.57.